The van der Waals surface area contributed by atoms with Gasteiger partial charge in [-0.05, 0) is 6.42 Å². The minimum atomic E-state index is -3.64. The number of halogens is 3. The first-order valence-electron chi connectivity index (χ1n) is 5.55. The summed E-state index contributed by atoms with van der Waals surface area (Å²) < 4.78 is 49.5. The van der Waals surface area contributed by atoms with Crippen LogP contribution in [0.5, 0.6) is 0 Å². The van der Waals surface area contributed by atoms with Crippen molar-refractivity contribution in [2.45, 2.75) is 23.9 Å². The lowest BCUT2D eigenvalue weighted by Crippen LogP contribution is -2.43. The summed E-state index contributed by atoms with van der Waals surface area (Å²) in [5.41, 5.74) is 0. The lowest BCUT2D eigenvalue weighted by molar-refractivity contribution is -0.0118. The highest BCUT2D eigenvalue weighted by Gasteiger charge is 2.36. The van der Waals surface area contributed by atoms with Crippen molar-refractivity contribution in [2.75, 3.05) is 24.2 Å². The van der Waals surface area contributed by atoms with Crippen LogP contribution < -0.4 is 4.90 Å². The number of alkyl halides is 2. The molecule has 1 aromatic rings. The van der Waals surface area contributed by atoms with Gasteiger partial charge in [0, 0.05) is 25.3 Å². The Bertz CT molecular complexity index is 594. The van der Waals surface area contributed by atoms with Crippen LogP contribution in [0.2, 0.25) is 5.15 Å². The molecule has 1 aromatic heterocycles. The summed E-state index contributed by atoms with van der Waals surface area (Å²) in [6, 6.07) is 1.29. The molecular formula is C10H12ClF2N3O2S. The summed E-state index contributed by atoms with van der Waals surface area (Å²) in [4.78, 5) is 8.72. The molecule has 0 atom stereocenters. The largest absolute Gasteiger partial charge is 0.350 e. The molecule has 2 rings (SSSR count). The topological polar surface area (TPSA) is 63.2 Å². The molecule has 9 heteroatoms. The summed E-state index contributed by atoms with van der Waals surface area (Å²) >= 11 is 5.72. The molecule has 1 aliphatic heterocycles. The average Bonchev–Trinajstić information content (AvgIpc) is 2.25. The molecule has 0 N–H and O–H groups in total. The Balaban J connectivity index is 2.37. The standard InChI is InChI=1S/C10H12ClF2N3O2S/c1-19(17,18)9-14-7(11)5-8(15-9)16-4-2-3-10(12,13)6-16/h5H,2-4,6H2,1H3. The Kier molecular flexibility index (Phi) is 3.65. The number of rotatable bonds is 2. The van der Waals surface area contributed by atoms with Crippen LogP contribution in [-0.2, 0) is 9.84 Å². The molecule has 1 saturated heterocycles. The summed E-state index contributed by atoms with van der Waals surface area (Å²) in [5, 5.41) is -0.539. The van der Waals surface area contributed by atoms with E-state index in [0.29, 0.717) is 13.0 Å². The minimum absolute atomic E-state index is 0.0840. The van der Waals surface area contributed by atoms with Gasteiger partial charge < -0.3 is 4.90 Å². The summed E-state index contributed by atoms with van der Waals surface area (Å²) in [7, 11) is -3.64. The normalized spacial score (nSPS) is 19.5. The fourth-order valence-electron chi connectivity index (χ4n) is 1.87. The van der Waals surface area contributed by atoms with Gasteiger partial charge in [0.1, 0.15) is 11.0 Å². The van der Waals surface area contributed by atoms with Gasteiger partial charge in [0.2, 0.25) is 15.0 Å². The molecule has 0 saturated carbocycles. The van der Waals surface area contributed by atoms with E-state index in [2.05, 4.69) is 9.97 Å². The maximum atomic E-state index is 13.3. The van der Waals surface area contributed by atoms with Crippen molar-refractivity contribution in [2.24, 2.45) is 0 Å². The third kappa shape index (κ3) is 3.50. The molecule has 106 valence electrons. The maximum absolute atomic E-state index is 13.3. The molecular weight excluding hydrogens is 300 g/mol. The van der Waals surface area contributed by atoms with Crippen LogP contribution in [0.25, 0.3) is 0 Å². The van der Waals surface area contributed by atoms with E-state index in [0.717, 1.165) is 6.26 Å². The van der Waals surface area contributed by atoms with Gasteiger partial charge in [-0.15, -0.1) is 0 Å². The van der Waals surface area contributed by atoms with Crippen molar-refractivity contribution in [1.29, 1.82) is 0 Å². The summed E-state index contributed by atoms with van der Waals surface area (Å²) in [6.07, 6.45) is 1.07. The molecule has 0 radical (unpaired) electrons. The molecule has 0 unspecified atom stereocenters. The lowest BCUT2D eigenvalue weighted by atomic mass is 10.1. The molecule has 5 nitrogen and oxygen atoms in total. The van der Waals surface area contributed by atoms with Gasteiger partial charge in [-0.3, -0.25) is 0 Å². The second kappa shape index (κ2) is 4.82. The van der Waals surface area contributed by atoms with Crippen LogP contribution in [0.4, 0.5) is 14.6 Å². The third-order valence-electron chi connectivity index (χ3n) is 2.71. The van der Waals surface area contributed by atoms with Crippen LogP contribution in [0.15, 0.2) is 11.2 Å². The molecule has 1 aliphatic rings. The van der Waals surface area contributed by atoms with Crippen LogP contribution in [0.3, 0.4) is 0 Å². The van der Waals surface area contributed by atoms with Crippen LogP contribution >= 0.6 is 11.6 Å². The van der Waals surface area contributed by atoms with E-state index in [1.807, 2.05) is 0 Å². The molecule has 1 fully saturated rings. The predicted octanol–water partition coefficient (Wildman–Crippen LogP) is 1.77. The van der Waals surface area contributed by atoms with Crippen LogP contribution in [-0.4, -0.2) is 43.7 Å². The second-order valence-electron chi connectivity index (χ2n) is 4.48. The van der Waals surface area contributed by atoms with E-state index in [4.69, 9.17) is 11.6 Å². The SMILES string of the molecule is CS(=O)(=O)c1nc(Cl)cc(N2CCCC(F)(F)C2)n1. The monoisotopic (exact) mass is 311 g/mol. The molecule has 0 amide bonds. The first-order valence-corrected chi connectivity index (χ1v) is 7.82. The minimum Gasteiger partial charge on any atom is -0.350 e. The van der Waals surface area contributed by atoms with Crippen molar-refractivity contribution in [3.8, 4) is 0 Å². The Morgan fingerprint density at radius 3 is 2.68 bits per heavy atom. The number of nitrogens with zero attached hydrogens (tertiary/aromatic N) is 3. The van der Waals surface area contributed by atoms with E-state index < -0.39 is 27.5 Å². The van der Waals surface area contributed by atoms with Crippen molar-refractivity contribution in [1.82, 2.24) is 9.97 Å². The van der Waals surface area contributed by atoms with Gasteiger partial charge in [0.05, 0.1) is 6.54 Å². The summed E-state index contributed by atoms with van der Waals surface area (Å²) in [5.74, 6) is -2.69. The van der Waals surface area contributed by atoms with E-state index in [1.54, 1.807) is 0 Å². The quantitative estimate of drug-likeness (QED) is 0.615. The van der Waals surface area contributed by atoms with Gasteiger partial charge in [0.25, 0.3) is 5.92 Å². The third-order valence-corrected chi connectivity index (χ3v) is 3.75. The van der Waals surface area contributed by atoms with E-state index in [-0.39, 0.29) is 17.4 Å². The molecule has 0 spiro atoms. The van der Waals surface area contributed by atoms with Gasteiger partial charge >= 0.3 is 0 Å². The van der Waals surface area contributed by atoms with Gasteiger partial charge in [0.15, 0.2) is 0 Å². The van der Waals surface area contributed by atoms with E-state index in [1.165, 1.54) is 11.0 Å². The van der Waals surface area contributed by atoms with Gasteiger partial charge in [-0.2, -0.15) is 0 Å². The fraction of sp³-hybridized carbons (Fsp3) is 0.600. The molecule has 0 bridgehead atoms. The zero-order chi connectivity index (χ0) is 14.3. The highest BCUT2D eigenvalue weighted by Crippen LogP contribution is 2.30. The Labute approximate surface area is 114 Å². The summed E-state index contributed by atoms with van der Waals surface area (Å²) in [6.45, 7) is -0.115. The zero-order valence-electron chi connectivity index (χ0n) is 10.1. The number of aromatic nitrogens is 2. The van der Waals surface area contributed by atoms with E-state index >= 15 is 0 Å². The van der Waals surface area contributed by atoms with Gasteiger partial charge in [-0.25, -0.2) is 27.2 Å². The Morgan fingerprint density at radius 2 is 2.11 bits per heavy atom. The smallest absolute Gasteiger partial charge is 0.265 e. The highest BCUT2D eigenvalue weighted by molar-refractivity contribution is 7.90. The van der Waals surface area contributed by atoms with Crippen molar-refractivity contribution >= 4 is 27.3 Å². The Hall–Kier alpha value is -1.02. The zero-order valence-corrected chi connectivity index (χ0v) is 11.7. The van der Waals surface area contributed by atoms with Crippen molar-refractivity contribution in [3.05, 3.63) is 11.2 Å². The number of sulfone groups is 1. The fourth-order valence-corrected chi connectivity index (χ4v) is 2.63. The number of hydrogen-bond donors (Lipinski definition) is 0. The molecule has 0 aromatic carbocycles. The van der Waals surface area contributed by atoms with Crippen molar-refractivity contribution in [3.63, 3.8) is 0 Å². The molecule has 19 heavy (non-hydrogen) atoms. The average molecular weight is 312 g/mol. The predicted molar refractivity (Wildman–Crippen MR) is 66.5 cm³/mol. The molecule has 0 aliphatic carbocycles. The lowest BCUT2D eigenvalue weighted by Gasteiger charge is -2.33. The highest BCUT2D eigenvalue weighted by atomic mass is 35.5. The number of piperidine rings is 1. The number of anilines is 1. The molecule has 2 heterocycles. The van der Waals surface area contributed by atoms with Crippen LogP contribution in [0, 0.1) is 0 Å². The van der Waals surface area contributed by atoms with E-state index in [9.17, 15) is 17.2 Å². The van der Waals surface area contributed by atoms with Crippen molar-refractivity contribution < 1.29 is 17.2 Å². The maximum Gasteiger partial charge on any atom is 0.265 e. The Morgan fingerprint density at radius 1 is 1.42 bits per heavy atom. The van der Waals surface area contributed by atoms with Gasteiger partial charge in [-0.1, -0.05) is 11.6 Å². The number of hydrogen-bond acceptors (Lipinski definition) is 5. The van der Waals surface area contributed by atoms with Crippen LogP contribution in [0.1, 0.15) is 12.8 Å². The second-order valence-corrected chi connectivity index (χ2v) is 6.78. The first-order chi connectivity index (χ1) is 8.67. The first kappa shape index (κ1) is 14.4.